The summed E-state index contributed by atoms with van der Waals surface area (Å²) in [5.74, 6) is -0.572. The van der Waals surface area contributed by atoms with Crippen molar-refractivity contribution in [3.63, 3.8) is 0 Å². The van der Waals surface area contributed by atoms with Crippen LogP contribution in [0, 0.1) is 12.7 Å². The van der Waals surface area contributed by atoms with Crippen LogP contribution >= 0.6 is 0 Å². The Balaban J connectivity index is 3.14. The molecule has 18 heavy (non-hydrogen) atoms. The number of hydrogen-bond acceptors (Lipinski definition) is 3. The molecule has 1 N–H and O–H groups in total. The molecule has 4 nitrogen and oxygen atoms in total. The summed E-state index contributed by atoms with van der Waals surface area (Å²) in [5, 5.41) is 8.76. The lowest BCUT2D eigenvalue weighted by molar-refractivity contribution is 0.271. The number of hydrogen-bond donors (Lipinski definition) is 1. The molecule has 0 atom stereocenters. The van der Waals surface area contributed by atoms with Crippen LogP contribution in [0.3, 0.4) is 0 Å². The molecule has 0 fully saturated rings. The van der Waals surface area contributed by atoms with Crippen molar-refractivity contribution in [3.05, 3.63) is 29.6 Å². The van der Waals surface area contributed by atoms with Crippen LogP contribution in [-0.4, -0.2) is 37.5 Å². The summed E-state index contributed by atoms with van der Waals surface area (Å²) in [7, 11) is -3.69. The predicted octanol–water partition coefficient (Wildman–Crippen LogP) is 1.53. The number of halogens is 1. The standard InChI is InChI=1S/C12H18FNO3S/c1-3-14(7-4-8-15)18(16,17)12-9-11(13)6-5-10(12)2/h5-6,9,15H,3-4,7-8H2,1-2H3. The highest BCUT2D eigenvalue weighted by molar-refractivity contribution is 7.89. The van der Waals surface area contributed by atoms with Crippen molar-refractivity contribution >= 4 is 10.0 Å². The van der Waals surface area contributed by atoms with Gasteiger partial charge in [0.1, 0.15) is 5.82 Å². The largest absolute Gasteiger partial charge is 0.396 e. The molecule has 0 aliphatic carbocycles. The van der Waals surface area contributed by atoms with Crippen LogP contribution in [0.5, 0.6) is 0 Å². The van der Waals surface area contributed by atoms with Gasteiger partial charge in [0, 0.05) is 19.7 Å². The van der Waals surface area contributed by atoms with Crippen molar-refractivity contribution < 1.29 is 17.9 Å². The first kappa shape index (κ1) is 15.1. The zero-order valence-corrected chi connectivity index (χ0v) is 11.4. The van der Waals surface area contributed by atoms with E-state index >= 15 is 0 Å². The Morgan fingerprint density at radius 2 is 2.06 bits per heavy atom. The lowest BCUT2D eigenvalue weighted by Gasteiger charge is -2.21. The van der Waals surface area contributed by atoms with E-state index in [0.29, 0.717) is 12.0 Å². The van der Waals surface area contributed by atoms with E-state index in [0.717, 1.165) is 6.07 Å². The molecule has 1 aromatic carbocycles. The minimum Gasteiger partial charge on any atom is -0.396 e. The Kier molecular flexibility index (Phi) is 5.25. The monoisotopic (exact) mass is 275 g/mol. The van der Waals surface area contributed by atoms with Gasteiger partial charge in [-0.3, -0.25) is 0 Å². The van der Waals surface area contributed by atoms with Crippen molar-refractivity contribution in [1.82, 2.24) is 4.31 Å². The average molecular weight is 275 g/mol. The summed E-state index contributed by atoms with van der Waals surface area (Å²) >= 11 is 0. The Hall–Kier alpha value is -0.980. The first-order valence-electron chi connectivity index (χ1n) is 5.80. The molecule has 0 spiro atoms. The highest BCUT2D eigenvalue weighted by Crippen LogP contribution is 2.21. The molecule has 0 heterocycles. The van der Waals surface area contributed by atoms with Gasteiger partial charge in [0.2, 0.25) is 10.0 Å². The maximum atomic E-state index is 13.2. The lowest BCUT2D eigenvalue weighted by Crippen LogP contribution is -2.32. The summed E-state index contributed by atoms with van der Waals surface area (Å²) in [6.07, 6.45) is 0.363. The molecule has 0 aromatic heterocycles. The van der Waals surface area contributed by atoms with Gasteiger partial charge in [-0.15, -0.1) is 0 Å². The summed E-state index contributed by atoms with van der Waals surface area (Å²) < 4.78 is 39.1. The fourth-order valence-corrected chi connectivity index (χ4v) is 3.41. The smallest absolute Gasteiger partial charge is 0.243 e. The SMILES string of the molecule is CCN(CCCO)S(=O)(=O)c1cc(F)ccc1C. The summed E-state index contributed by atoms with van der Waals surface area (Å²) in [6.45, 7) is 3.79. The van der Waals surface area contributed by atoms with E-state index in [1.54, 1.807) is 13.8 Å². The van der Waals surface area contributed by atoms with Gasteiger partial charge in [0.05, 0.1) is 4.90 Å². The molecular formula is C12H18FNO3S. The molecule has 0 radical (unpaired) electrons. The van der Waals surface area contributed by atoms with Crippen LogP contribution in [0.2, 0.25) is 0 Å². The Labute approximate surface area is 107 Å². The Morgan fingerprint density at radius 1 is 1.39 bits per heavy atom. The van der Waals surface area contributed by atoms with Crippen LogP contribution in [0.4, 0.5) is 4.39 Å². The van der Waals surface area contributed by atoms with Gasteiger partial charge in [-0.25, -0.2) is 12.8 Å². The van der Waals surface area contributed by atoms with E-state index in [1.165, 1.54) is 16.4 Å². The zero-order valence-electron chi connectivity index (χ0n) is 10.6. The van der Waals surface area contributed by atoms with E-state index in [4.69, 9.17) is 5.11 Å². The molecule has 102 valence electrons. The maximum Gasteiger partial charge on any atom is 0.243 e. The molecular weight excluding hydrogens is 257 g/mol. The second-order valence-electron chi connectivity index (χ2n) is 3.98. The third-order valence-corrected chi connectivity index (χ3v) is 4.80. The molecule has 0 aliphatic rings. The van der Waals surface area contributed by atoms with E-state index in [1.807, 2.05) is 0 Å². The van der Waals surface area contributed by atoms with Crippen LogP contribution in [0.1, 0.15) is 18.9 Å². The fraction of sp³-hybridized carbons (Fsp3) is 0.500. The number of nitrogens with zero attached hydrogens (tertiary/aromatic N) is 1. The van der Waals surface area contributed by atoms with Crippen LogP contribution in [0.25, 0.3) is 0 Å². The van der Waals surface area contributed by atoms with E-state index in [9.17, 15) is 12.8 Å². The Bertz CT molecular complexity index is 502. The molecule has 0 saturated carbocycles. The highest BCUT2D eigenvalue weighted by Gasteiger charge is 2.24. The normalized spacial score (nSPS) is 12.1. The number of benzene rings is 1. The Morgan fingerprint density at radius 3 is 2.61 bits per heavy atom. The first-order valence-corrected chi connectivity index (χ1v) is 7.24. The second kappa shape index (κ2) is 6.26. The first-order chi connectivity index (χ1) is 8.43. The van der Waals surface area contributed by atoms with Gasteiger partial charge in [-0.2, -0.15) is 4.31 Å². The predicted molar refractivity (Wildman–Crippen MR) is 67.3 cm³/mol. The number of aryl methyl sites for hydroxylation is 1. The van der Waals surface area contributed by atoms with Crippen LogP contribution in [-0.2, 0) is 10.0 Å². The van der Waals surface area contributed by atoms with E-state index in [-0.39, 0.29) is 24.6 Å². The third kappa shape index (κ3) is 3.28. The van der Waals surface area contributed by atoms with Crippen molar-refractivity contribution in [1.29, 1.82) is 0 Å². The van der Waals surface area contributed by atoms with E-state index in [2.05, 4.69) is 0 Å². The molecule has 6 heteroatoms. The molecule has 0 unspecified atom stereocenters. The van der Waals surface area contributed by atoms with Gasteiger partial charge >= 0.3 is 0 Å². The summed E-state index contributed by atoms with van der Waals surface area (Å²) in [5.41, 5.74) is 0.513. The zero-order chi connectivity index (χ0) is 13.8. The second-order valence-corrected chi connectivity index (χ2v) is 5.89. The fourth-order valence-electron chi connectivity index (χ4n) is 1.69. The molecule has 0 bridgehead atoms. The molecule has 0 aliphatic heterocycles. The minimum absolute atomic E-state index is 0.0118. The van der Waals surface area contributed by atoms with Gasteiger partial charge in [0.15, 0.2) is 0 Å². The molecule has 1 rings (SSSR count). The molecule has 0 saturated heterocycles. The van der Waals surface area contributed by atoms with E-state index < -0.39 is 15.8 Å². The van der Waals surface area contributed by atoms with Crippen molar-refractivity contribution in [3.8, 4) is 0 Å². The summed E-state index contributed by atoms with van der Waals surface area (Å²) in [4.78, 5) is -0.0118. The lowest BCUT2D eigenvalue weighted by atomic mass is 10.2. The summed E-state index contributed by atoms with van der Waals surface area (Å²) in [6, 6.07) is 3.72. The van der Waals surface area contributed by atoms with Gasteiger partial charge in [0.25, 0.3) is 0 Å². The topological polar surface area (TPSA) is 57.6 Å². The number of rotatable bonds is 6. The molecule has 1 aromatic rings. The van der Waals surface area contributed by atoms with Gasteiger partial charge in [-0.05, 0) is 31.0 Å². The van der Waals surface area contributed by atoms with Crippen molar-refractivity contribution in [2.24, 2.45) is 0 Å². The number of aliphatic hydroxyl groups is 1. The number of sulfonamides is 1. The van der Waals surface area contributed by atoms with Crippen molar-refractivity contribution in [2.75, 3.05) is 19.7 Å². The highest BCUT2D eigenvalue weighted by atomic mass is 32.2. The van der Waals surface area contributed by atoms with Crippen molar-refractivity contribution in [2.45, 2.75) is 25.2 Å². The van der Waals surface area contributed by atoms with Gasteiger partial charge in [-0.1, -0.05) is 13.0 Å². The van der Waals surface area contributed by atoms with Crippen LogP contribution < -0.4 is 0 Å². The maximum absolute atomic E-state index is 13.2. The number of aliphatic hydroxyl groups excluding tert-OH is 1. The van der Waals surface area contributed by atoms with Crippen LogP contribution in [0.15, 0.2) is 23.1 Å². The minimum atomic E-state index is -3.69. The molecule has 0 amide bonds. The van der Waals surface area contributed by atoms with Gasteiger partial charge < -0.3 is 5.11 Å². The third-order valence-electron chi connectivity index (χ3n) is 2.69. The average Bonchev–Trinajstić information content (AvgIpc) is 2.33. The quantitative estimate of drug-likeness (QED) is 0.856.